The molecule has 3 heterocycles. The Morgan fingerprint density at radius 3 is 2.48 bits per heavy atom. The molecule has 0 radical (unpaired) electrons. The standard InChI is InChI=1S/C20H22N4O/c1-14-5-7-16(8-6-14)19-22-23-20(25-19)17-4-3-11-21-18(17)24-12-9-15(2)10-13-24/h3-8,11,15H,9-10,12-13H2,1-2H3. The minimum atomic E-state index is 0.525. The predicted octanol–water partition coefficient (Wildman–Crippen LogP) is 4.34. The minimum absolute atomic E-state index is 0.525. The number of piperidine rings is 1. The summed E-state index contributed by atoms with van der Waals surface area (Å²) in [6.07, 6.45) is 4.21. The van der Waals surface area contributed by atoms with Crippen molar-refractivity contribution in [2.75, 3.05) is 18.0 Å². The van der Waals surface area contributed by atoms with E-state index in [0.717, 1.165) is 36.0 Å². The molecule has 0 aliphatic carbocycles. The number of nitrogens with zero attached hydrogens (tertiary/aromatic N) is 4. The van der Waals surface area contributed by atoms with Crippen LogP contribution in [0.15, 0.2) is 47.0 Å². The Balaban J connectivity index is 1.65. The van der Waals surface area contributed by atoms with Crippen LogP contribution in [-0.4, -0.2) is 28.3 Å². The number of anilines is 1. The maximum absolute atomic E-state index is 5.96. The molecule has 5 nitrogen and oxygen atoms in total. The second-order valence-corrected chi connectivity index (χ2v) is 6.82. The zero-order chi connectivity index (χ0) is 17.2. The van der Waals surface area contributed by atoms with Gasteiger partial charge in [0, 0.05) is 24.8 Å². The lowest BCUT2D eigenvalue weighted by atomic mass is 9.99. The third-order valence-electron chi connectivity index (χ3n) is 4.82. The maximum Gasteiger partial charge on any atom is 0.251 e. The fraction of sp³-hybridized carbons (Fsp3) is 0.350. The second kappa shape index (κ2) is 6.67. The first-order valence-corrected chi connectivity index (χ1v) is 8.81. The van der Waals surface area contributed by atoms with E-state index in [2.05, 4.69) is 33.9 Å². The largest absolute Gasteiger partial charge is 0.416 e. The van der Waals surface area contributed by atoms with Crippen LogP contribution < -0.4 is 4.90 Å². The lowest BCUT2D eigenvalue weighted by Gasteiger charge is -2.31. The summed E-state index contributed by atoms with van der Waals surface area (Å²) >= 11 is 0. The van der Waals surface area contributed by atoms with Gasteiger partial charge in [-0.1, -0.05) is 24.6 Å². The van der Waals surface area contributed by atoms with Crippen LogP contribution in [0.25, 0.3) is 22.9 Å². The van der Waals surface area contributed by atoms with Gasteiger partial charge in [-0.15, -0.1) is 10.2 Å². The van der Waals surface area contributed by atoms with Gasteiger partial charge in [0.1, 0.15) is 5.82 Å². The van der Waals surface area contributed by atoms with Crippen LogP contribution in [0.2, 0.25) is 0 Å². The predicted molar refractivity (Wildman–Crippen MR) is 98.3 cm³/mol. The van der Waals surface area contributed by atoms with Crippen LogP contribution in [0.4, 0.5) is 5.82 Å². The average molecular weight is 334 g/mol. The van der Waals surface area contributed by atoms with E-state index in [1.54, 1.807) is 0 Å². The highest BCUT2D eigenvalue weighted by molar-refractivity contribution is 5.70. The minimum Gasteiger partial charge on any atom is -0.416 e. The molecule has 1 saturated heterocycles. The van der Waals surface area contributed by atoms with Gasteiger partial charge in [-0.3, -0.25) is 0 Å². The summed E-state index contributed by atoms with van der Waals surface area (Å²) in [5, 5.41) is 8.50. The van der Waals surface area contributed by atoms with Gasteiger partial charge in [0.05, 0.1) is 5.56 Å². The number of benzene rings is 1. The van der Waals surface area contributed by atoms with Crippen molar-refractivity contribution in [2.45, 2.75) is 26.7 Å². The van der Waals surface area contributed by atoms with E-state index in [0.29, 0.717) is 11.8 Å². The molecule has 0 N–H and O–H groups in total. The fourth-order valence-electron chi connectivity index (χ4n) is 3.18. The number of aryl methyl sites for hydroxylation is 1. The molecule has 3 aromatic rings. The van der Waals surface area contributed by atoms with E-state index in [-0.39, 0.29) is 0 Å². The highest BCUT2D eigenvalue weighted by Gasteiger charge is 2.22. The second-order valence-electron chi connectivity index (χ2n) is 6.82. The lowest BCUT2D eigenvalue weighted by molar-refractivity contribution is 0.436. The van der Waals surface area contributed by atoms with Crippen molar-refractivity contribution < 1.29 is 4.42 Å². The van der Waals surface area contributed by atoms with Crippen LogP contribution in [0.5, 0.6) is 0 Å². The first-order valence-electron chi connectivity index (χ1n) is 8.81. The molecule has 5 heteroatoms. The summed E-state index contributed by atoms with van der Waals surface area (Å²) in [6.45, 7) is 6.40. The SMILES string of the molecule is Cc1ccc(-c2nnc(-c3cccnc3N3CCC(C)CC3)o2)cc1. The van der Waals surface area contributed by atoms with Crippen molar-refractivity contribution in [3.05, 3.63) is 48.2 Å². The van der Waals surface area contributed by atoms with Crippen molar-refractivity contribution in [3.8, 4) is 22.9 Å². The quantitative estimate of drug-likeness (QED) is 0.713. The van der Waals surface area contributed by atoms with E-state index in [1.807, 2.05) is 42.6 Å². The van der Waals surface area contributed by atoms with Crippen molar-refractivity contribution in [2.24, 2.45) is 5.92 Å². The molecule has 4 rings (SSSR count). The molecule has 0 unspecified atom stereocenters. The zero-order valence-corrected chi connectivity index (χ0v) is 14.6. The Labute approximate surface area is 147 Å². The van der Waals surface area contributed by atoms with Gasteiger partial charge in [-0.25, -0.2) is 4.98 Å². The molecule has 0 saturated carbocycles. The Bertz CT molecular complexity index is 848. The summed E-state index contributed by atoms with van der Waals surface area (Å²) in [5.74, 6) is 2.78. The van der Waals surface area contributed by atoms with Crippen molar-refractivity contribution in [1.82, 2.24) is 15.2 Å². The summed E-state index contributed by atoms with van der Waals surface area (Å²) in [4.78, 5) is 6.92. The molecule has 0 bridgehead atoms. The van der Waals surface area contributed by atoms with Gasteiger partial charge >= 0.3 is 0 Å². The first kappa shape index (κ1) is 15.8. The molecule has 0 spiro atoms. The van der Waals surface area contributed by atoms with E-state index in [4.69, 9.17) is 4.42 Å². The molecule has 128 valence electrons. The number of hydrogen-bond acceptors (Lipinski definition) is 5. The fourth-order valence-corrected chi connectivity index (χ4v) is 3.18. The summed E-state index contributed by atoms with van der Waals surface area (Å²) in [6, 6.07) is 12.0. The Kier molecular flexibility index (Phi) is 4.22. The van der Waals surface area contributed by atoms with Crippen molar-refractivity contribution in [1.29, 1.82) is 0 Å². The number of rotatable bonds is 3. The molecule has 25 heavy (non-hydrogen) atoms. The molecule has 0 amide bonds. The van der Waals surface area contributed by atoms with Gasteiger partial charge in [0.25, 0.3) is 5.89 Å². The third kappa shape index (κ3) is 3.27. The van der Waals surface area contributed by atoms with Crippen LogP contribution in [0.3, 0.4) is 0 Å². The maximum atomic E-state index is 5.96. The Morgan fingerprint density at radius 2 is 1.72 bits per heavy atom. The van der Waals surface area contributed by atoms with Crippen LogP contribution in [0, 0.1) is 12.8 Å². The molecule has 2 aromatic heterocycles. The summed E-state index contributed by atoms with van der Waals surface area (Å²) < 4.78 is 5.96. The average Bonchev–Trinajstić information content (AvgIpc) is 3.13. The van der Waals surface area contributed by atoms with Crippen LogP contribution in [0.1, 0.15) is 25.3 Å². The topological polar surface area (TPSA) is 55.1 Å². The molecule has 1 aromatic carbocycles. The van der Waals surface area contributed by atoms with Crippen molar-refractivity contribution in [3.63, 3.8) is 0 Å². The molecule has 1 aliphatic heterocycles. The van der Waals surface area contributed by atoms with Crippen molar-refractivity contribution >= 4 is 5.82 Å². The van der Waals surface area contributed by atoms with Gasteiger partial charge in [-0.2, -0.15) is 0 Å². The third-order valence-corrected chi connectivity index (χ3v) is 4.82. The van der Waals surface area contributed by atoms with E-state index in [9.17, 15) is 0 Å². The normalized spacial score (nSPS) is 15.5. The summed E-state index contributed by atoms with van der Waals surface area (Å²) in [7, 11) is 0. The molecule has 1 aliphatic rings. The van der Waals surface area contributed by atoms with E-state index < -0.39 is 0 Å². The van der Waals surface area contributed by atoms with Gasteiger partial charge < -0.3 is 9.32 Å². The lowest BCUT2D eigenvalue weighted by Crippen LogP contribution is -2.33. The van der Waals surface area contributed by atoms with Gasteiger partial charge in [-0.05, 0) is 49.9 Å². The van der Waals surface area contributed by atoms with Crippen LogP contribution >= 0.6 is 0 Å². The zero-order valence-electron chi connectivity index (χ0n) is 14.6. The van der Waals surface area contributed by atoms with Gasteiger partial charge in [0.2, 0.25) is 5.89 Å². The Morgan fingerprint density at radius 1 is 1.00 bits per heavy atom. The number of aromatic nitrogens is 3. The highest BCUT2D eigenvalue weighted by atomic mass is 16.4. The number of hydrogen-bond donors (Lipinski definition) is 0. The smallest absolute Gasteiger partial charge is 0.251 e. The monoisotopic (exact) mass is 334 g/mol. The number of pyridine rings is 1. The van der Waals surface area contributed by atoms with E-state index in [1.165, 1.54) is 18.4 Å². The first-order chi connectivity index (χ1) is 12.2. The van der Waals surface area contributed by atoms with Crippen LogP contribution in [-0.2, 0) is 0 Å². The summed E-state index contributed by atoms with van der Waals surface area (Å²) in [5.41, 5.74) is 3.04. The Hall–Kier alpha value is -2.69. The molecular weight excluding hydrogens is 312 g/mol. The van der Waals surface area contributed by atoms with Gasteiger partial charge in [0.15, 0.2) is 0 Å². The highest BCUT2D eigenvalue weighted by Crippen LogP contribution is 2.32. The molecule has 1 fully saturated rings. The molecular formula is C20H22N4O. The molecule has 0 atom stereocenters. The van der Waals surface area contributed by atoms with E-state index >= 15 is 0 Å².